The van der Waals surface area contributed by atoms with Crippen LogP contribution in [-0.4, -0.2) is 29.9 Å². The number of nitrogens with zero attached hydrogens (tertiary/aromatic N) is 6. The molecule has 7 nitrogen and oxygen atoms in total. The van der Waals surface area contributed by atoms with Gasteiger partial charge in [-0.05, 0) is 48.9 Å². The topological polar surface area (TPSA) is 82.5 Å². The fourth-order valence-corrected chi connectivity index (χ4v) is 4.56. The molecule has 0 aliphatic rings. The number of pyridine rings is 1. The molecule has 0 atom stereocenters. The van der Waals surface area contributed by atoms with Crippen LogP contribution in [0.1, 0.15) is 11.5 Å². The molecule has 0 aliphatic carbocycles. The number of hydrogen-bond acceptors (Lipinski definition) is 7. The average molecular weight is 495 g/mol. The zero-order chi connectivity index (χ0) is 22.8. The van der Waals surface area contributed by atoms with Gasteiger partial charge in [-0.15, -0.1) is 20.4 Å². The van der Waals surface area contributed by atoms with Gasteiger partial charge >= 0.3 is 0 Å². The van der Waals surface area contributed by atoms with Crippen molar-refractivity contribution in [3.63, 3.8) is 0 Å². The molecule has 164 valence electrons. The van der Waals surface area contributed by atoms with Crippen molar-refractivity contribution in [1.82, 2.24) is 29.9 Å². The van der Waals surface area contributed by atoms with Crippen LogP contribution in [0.4, 0.5) is 0 Å². The molecule has 0 unspecified atom stereocenters. The maximum Gasteiger partial charge on any atom is 0.249 e. The van der Waals surface area contributed by atoms with Gasteiger partial charge < -0.3 is 4.42 Å². The predicted octanol–water partition coefficient (Wildman–Crippen LogP) is 6.29. The highest BCUT2D eigenvalue weighted by molar-refractivity contribution is 7.98. The van der Waals surface area contributed by atoms with Crippen LogP contribution in [0.3, 0.4) is 0 Å². The summed E-state index contributed by atoms with van der Waals surface area (Å²) >= 11 is 13.7. The average Bonchev–Trinajstić information content (AvgIpc) is 3.46. The van der Waals surface area contributed by atoms with Gasteiger partial charge in [-0.3, -0.25) is 9.55 Å². The summed E-state index contributed by atoms with van der Waals surface area (Å²) in [5.41, 5.74) is 3.59. The first kappa shape index (κ1) is 21.6. The molecule has 0 N–H and O–H groups in total. The normalized spacial score (nSPS) is 11.1. The Kier molecular flexibility index (Phi) is 6.13. The quantitative estimate of drug-likeness (QED) is 0.256. The van der Waals surface area contributed by atoms with E-state index >= 15 is 0 Å². The first-order chi connectivity index (χ1) is 16.1. The van der Waals surface area contributed by atoms with Crippen LogP contribution in [-0.2, 0) is 5.75 Å². The van der Waals surface area contributed by atoms with E-state index < -0.39 is 0 Å². The molecule has 0 spiro atoms. The smallest absolute Gasteiger partial charge is 0.249 e. The number of hydrogen-bond donors (Lipinski definition) is 0. The van der Waals surface area contributed by atoms with Crippen molar-refractivity contribution < 1.29 is 4.42 Å². The summed E-state index contributed by atoms with van der Waals surface area (Å²) in [5, 5.41) is 18.9. The van der Waals surface area contributed by atoms with Gasteiger partial charge in [0, 0.05) is 23.0 Å². The van der Waals surface area contributed by atoms with Crippen molar-refractivity contribution in [3.8, 4) is 28.5 Å². The van der Waals surface area contributed by atoms with Crippen molar-refractivity contribution in [1.29, 1.82) is 0 Å². The zero-order valence-electron chi connectivity index (χ0n) is 17.3. The molecule has 3 heterocycles. The molecule has 10 heteroatoms. The number of thioether (sulfide) groups is 1. The number of para-hydroxylation sites is 1. The van der Waals surface area contributed by atoms with Crippen molar-refractivity contribution in [2.24, 2.45) is 0 Å². The molecule has 2 aromatic carbocycles. The lowest BCUT2D eigenvalue weighted by atomic mass is 10.2. The van der Waals surface area contributed by atoms with Gasteiger partial charge in [0.15, 0.2) is 11.0 Å². The molecule has 33 heavy (non-hydrogen) atoms. The Morgan fingerprint density at radius 1 is 0.970 bits per heavy atom. The van der Waals surface area contributed by atoms with E-state index in [4.69, 9.17) is 27.6 Å². The number of aromatic nitrogens is 6. The molecule has 0 fully saturated rings. The molecule has 0 saturated heterocycles. The highest BCUT2D eigenvalue weighted by atomic mass is 35.5. The van der Waals surface area contributed by atoms with Crippen LogP contribution in [0.2, 0.25) is 10.0 Å². The minimum atomic E-state index is 0.337. The lowest BCUT2D eigenvalue weighted by Crippen LogP contribution is -2.02. The third-order valence-electron chi connectivity index (χ3n) is 4.86. The molecule has 0 bridgehead atoms. The second-order valence-electron chi connectivity index (χ2n) is 7.08. The Bertz CT molecular complexity index is 1420. The standard InChI is InChI=1S/C23H16Cl2N6OS/c1-14-5-2-3-7-19(14)31-21(15-6-4-10-26-12-15)28-30-23(31)33-13-20-27-29-22(32-20)17-9-8-16(24)11-18(17)25/h2-12H,13H2,1H3. The molecule has 0 saturated carbocycles. The van der Waals surface area contributed by atoms with E-state index in [1.54, 1.807) is 30.6 Å². The summed E-state index contributed by atoms with van der Waals surface area (Å²) in [6.07, 6.45) is 3.50. The lowest BCUT2D eigenvalue weighted by Gasteiger charge is -2.12. The number of benzene rings is 2. The summed E-state index contributed by atoms with van der Waals surface area (Å²) < 4.78 is 7.85. The van der Waals surface area contributed by atoms with E-state index in [9.17, 15) is 0 Å². The van der Waals surface area contributed by atoms with E-state index in [-0.39, 0.29) is 0 Å². The molecule has 5 aromatic rings. The van der Waals surface area contributed by atoms with Crippen molar-refractivity contribution >= 4 is 35.0 Å². The van der Waals surface area contributed by atoms with Crippen LogP contribution in [0.15, 0.2) is 76.6 Å². The maximum absolute atomic E-state index is 6.27. The van der Waals surface area contributed by atoms with Gasteiger partial charge in [-0.1, -0.05) is 53.2 Å². The SMILES string of the molecule is Cc1ccccc1-n1c(SCc2nnc(-c3ccc(Cl)cc3Cl)o2)nnc1-c1cccnc1. The summed E-state index contributed by atoms with van der Waals surface area (Å²) in [7, 11) is 0. The Labute approximate surface area is 203 Å². The minimum absolute atomic E-state index is 0.337. The zero-order valence-corrected chi connectivity index (χ0v) is 19.6. The maximum atomic E-state index is 6.27. The molecular weight excluding hydrogens is 479 g/mol. The second kappa shape index (κ2) is 9.35. The first-order valence-corrected chi connectivity index (χ1v) is 11.7. The lowest BCUT2D eigenvalue weighted by molar-refractivity contribution is 0.528. The Hall–Kier alpha value is -3.20. The summed E-state index contributed by atoms with van der Waals surface area (Å²) in [6, 6.07) is 17.0. The van der Waals surface area contributed by atoms with Crippen molar-refractivity contribution in [2.75, 3.05) is 0 Å². The van der Waals surface area contributed by atoms with Crippen LogP contribution in [0.5, 0.6) is 0 Å². The van der Waals surface area contributed by atoms with Gasteiger partial charge in [-0.25, -0.2) is 0 Å². The molecule has 0 radical (unpaired) electrons. The molecule has 5 rings (SSSR count). The van der Waals surface area contributed by atoms with Crippen LogP contribution >= 0.6 is 35.0 Å². The van der Waals surface area contributed by atoms with Gasteiger partial charge in [0.2, 0.25) is 11.8 Å². The highest BCUT2D eigenvalue weighted by Crippen LogP contribution is 2.32. The number of halogens is 2. The van der Waals surface area contributed by atoms with Gasteiger partial charge in [0.05, 0.1) is 22.0 Å². The van der Waals surface area contributed by atoms with Crippen LogP contribution in [0, 0.1) is 6.92 Å². The predicted molar refractivity (Wildman–Crippen MR) is 129 cm³/mol. The van der Waals surface area contributed by atoms with Gasteiger partial charge in [0.1, 0.15) is 0 Å². The second-order valence-corrected chi connectivity index (χ2v) is 8.87. The minimum Gasteiger partial charge on any atom is -0.420 e. The summed E-state index contributed by atoms with van der Waals surface area (Å²) in [5.74, 6) is 1.90. The van der Waals surface area contributed by atoms with E-state index in [1.165, 1.54) is 11.8 Å². The van der Waals surface area contributed by atoms with Crippen LogP contribution in [0.25, 0.3) is 28.5 Å². The highest BCUT2D eigenvalue weighted by Gasteiger charge is 2.19. The van der Waals surface area contributed by atoms with Gasteiger partial charge in [-0.2, -0.15) is 0 Å². The fourth-order valence-electron chi connectivity index (χ4n) is 3.29. The third kappa shape index (κ3) is 4.50. The monoisotopic (exact) mass is 494 g/mol. The van der Waals surface area contributed by atoms with Crippen LogP contribution < -0.4 is 0 Å². The Morgan fingerprint density at radius 2 is 1.85 bits per heavy atom. The molecule has 0 aliphatic heterocycles. The van der Waals surface area contributed by atoms with Crippen molar-refractivity contribution in [2.45, 2.75) is 17.8 Å². The number of rotatable bonds is 6. The van der Waals surface area contributed by atoms with E-state index in [0.29, 0.717) is 44.1 Å². The summed E-state index contributed by atoms with van der Waals surface area (Å²) in [4.78, 5) is 4.22. The van der Waals surface area contributed by atoms with E-state index in [2.05, 4.69) is 38.4 Å². The third-order valence-corrected chi connectivity index (χ3v) is 6.32. The van der Waals surface area contributed by atoms with E-state index in [1.807, 2.05) is 34.9 Å². The molecule has 0 amide bonds. The Morgan fingerprint density at radius 3 is 2.64 bits per heavy atom. The van der Waals surface area contributed by atoms with Crippen molar-refractivity contribution in [3.05, 3.63) is 88.5 Å². The molecular formula is C23H16Cl2N6OS. The first-order valence-electron chi connectivity index (χ1n) is 9.92. The Balaban J connectivity index is 1.46. The number of aryl methyl sites for hydroxylation is 1. The fraction of sp³-hybridized carbons (Fsp3) is 0.0870. The largest absolute Gasteiger partial charge is 0.420 e. The summed E-state index contributed by atoms with van der Waals surface area (Å²) in [6.45, 7) is 2.05. The molecule has 3 aromatic heterocycles. The van der Waals surface area contributed by atoms with E-state index in [0.717, 1.165) is 16.8 Å². The van der Waals surface area contributed by atoms with Gasteiger partial charge in [0.25, 0.3) is 0 Å².